The summed E-state index contributed by atoms with van der Waals surface area (Å²) in [6.45, 7) is 3.93. The summed E-state index contributed by atoms with van der Waals surface area (Å²) in [5.74, 6) is -5.20. The number of hydrogen-bond acceptors (Lipinski definition) is 7. The average Bonchev–Trinajstić information content (AvgIpc) is 3.22. The van der Waals surface area contributed by atoms with E-state index in [0.717, 1.165) is 0 Å². The third-order valence-corrected chi connectivity index (χ3v) is 5.36. The topological polar surface area (TPSA) is 244 Å². The SMILES string of the molecule is CC(C)C(NC(=O)C1CCCN1C(=O)C(N)CCCN=C(N)N)C(=O)NC(CC(=O)O)C(=O)O. The Kier molecular flexibility index (Phi) is 11.2. The zero-order chi connectivity index (χ0) is 26.0. The molecule has 14 nitrogen and oxygen atoms in total. The van der Waals surface area contributed by atoms with E-state index in [2.05, 4.69) is 15.6 Å². The molecule has 14 heteroatoms. The monoisotopic (exact) mass is 485 g/mol. The summed E-state index contributed by atoms with van der Waals surface area (Å²) in [5, 5.41) is 22.7. The van der Waals surface area contributed by atoms with Crippen molar-refractivity contribution < 1.29 is 34.2 Å². The van der Waals surface area contributed by atoms with Crippen LogP contribution in [0.5, 0.6) is 0 Å². The third kappa shape index (κ3) is 8.84. The lowest BCUT2D eigenvalue weighted by molar-refractivity contribution is -0.147. The van der Waals surface area contributed by atoms with E-state index in [1.807, 2.05) is 0 Å². The summed E-state index contributed by atoms with van der Waals surface area (Å²) in [4.78, 5) is 65.7. The number of hydrogen-bond donors (Lipinski definition) is 7. The molecule has 0 saturated carbocycles. The van der Waals surface area contributed by atoms with E-state index in [0.29, 0.717) is 38.8 Å². The number of nitrogens with zero attached hydrogens (tertiary/aromatic N) is 2. The Bertz CT molecular complexity index is 798. The lowest BCUT2D eigenvalue weighted by atomic mass is 10.0. The normalized spacial score (nSPS) is 18.0. The molecule has 4 atom stereocenters. The molecule has 0 aliphatic carbocycles. The predicted octanol–water partition coefficient (Wildman–Crippen LogP) is -2.46. The molecule has 0 aromatic heterocycles. The largest absolute Gasteiger partial charge is 0.481 e. The van der Waals surface area contributed by atoms with Gasteiger partial charge in [-0.2, -0.15) is 0 Å². The van der Waals surface area contributed by atoms with E-state index in [9.17, 15) is 24.0 Å². The third-order valence-electron chi connectivity index (χ3n) is 5.36. The van der Waals surface area contributed by atoms with Gasteiger partial charge in [0.05, 0.1) is 12.5 Å². The van der Waals surface area contributed by atoms with Gasteiger partial charge in [-0.15, -0.1) is 0 Å². The fraction of sp³-hybridized carbons (Fsp3) is 0.700. The molecule has 3 amide bonds. The molecule has 192 valence electrons. The smallest absolute Gasteiger partial charge is 0.326 e. The summed E-state index contributed by atoms with van der Waals surface area (Å²) in [7, 11) is 0. The van der Waals surface area contributed by atoms with E-state index in [-0.39, 0.29) is 5.96 Å². The predicted molar refractivity (Wildman–Crippen MR) is 121 cm³/mol. The highest BCUT2D eigenvalue weighted by Crippen LogP contribution is 2.20. The Balaban J connectivity index is 2.81. The second-order valence-electron chi connectivity index (χ2n) is 8.47. The molecular weight excluding hydrogens is 450 g/mol. The van der Waals surface area contributed by atoms with E-state index in [4.69, 9.17) is 27.4 Å². The van der Waals surface area contributed by atoms with E-state index < -0.39 is 66.2 Å². The maximum absolute atomic E-state index is 13.0. The number of likely N-dealkylation sites (tertiary alicyclic amines) is 1. The van der Waals surface area contributed by atoms with Gasteiger partial charge >= 0.3 is 11.9 Å². The van der Waals surface area contributed by atoms with Crippen molar-refractivity contribution in [1.82, 2.24) is 15.5 Å². The highest BCUT2D eigenvalue weighted by atomic mass is 16.4. The molecule has 1 saturated heterocycles. The van der Waals surface area contributed by atoms with Crippen LogP contribution in [-0.4, -0.2) is 88.0 Å². The number of carboxylic acid groups (broad SMARTS) is 2. The minimum Gasteiger partial charge on any atom is -0.481 e. The molecule has 1 fully saturated rings. The zero-order valence-corrected chi connectivity index (χ0v) is 19.4. The standard InChI is InChI=1S/C20H35N7O7/c1-10(2)15(17(31)25-12(19(33)34)9-14(28)29)26-16(30)13-6-4-8-27(13)18(32)11(21)5-3-7-24-20(22)23/h10-13,15H,3-9,21H2,1-2H3,(H,25,31)(H,26,30)(H,28,29)(H,33,34)(H4,22,23,24). The Hall–Kier alpha value is -3.42. The van der Waals surface area contributed by atoms with Crippen LogP contribution in [0.4, 0.5) is 0 Å². The summed E-state index contributed by atoms with van der Waals surface area (Å²) in [6.07, 6.45) is 0.930. The molecule has 1 rings (SSSR count). The molecular formula is C20H35N7O7. The van der Waals surface area contributed by atoms with E-state index in [1.165, 1.54) is 4.90 Å². The molecule has 1 aliphatic heterocycles. The van der Waals surface area contributed by atoms with Gasteiger partial charge < -0.3 is 42.9 Å². The first kappa shape index (κ1) is 28.6. The maximum atomic E-state index is 13.0. The summed E-state index contributed by atoms with van der Waals surface area (Å²) < 4.78 is 0. The molecule has 4 unspecified atom stereocenters. The highest BCUT2D eigenvalue weighted by Gasteiger charge is 2.38. The Labute approximate surface area is 197 Å². The van der Waals surface area contributed by atoms with Crippen molar-refractivity contribution in [2.24, 2.45) is 28.1 Å². The van der Waals surface area contributed by atoms with Crippen molar-refractivity contribution in [3.8, 4) is 0 Å². The number of carbonyl (C=O) groups excluding carboxylic acids is 3. The van der Waals surface area contributed by atoms with Gasteiger partial charge in [-0.05, 0) is 31.6 Å². The van der Waals surface area contributed by atoms with Gasteiger partial charge in [0.15, 0.2) is 5.96 Å². The first-order valence-electron chi connectivity index (χ1n) is 11.0. The second-order valence-corrected chi connectivity index (χ2v) is 8.47. The first-order chi connectivity index (χ1) is 15.8. The van der Waals surface area contributed by atoms with Crippen LogP contribution in [0.1, 0.15) is 46.0 Å². The van der Waals surface area contributed by atoms with Gasteiger partial charge in [0.25, 0.3) is 0 Å². The van der Waals surface area contributed by atoms with Crippen molar-refractivity contribution >= 4 is 35.6 Å². The minimum absolute atomic E-state index is 0.0578. The number of carbonyl (C=O) groups is 5. The summed E-state index contributed by atoms with van der Waals surface area (Å²) in [6, 6.07) is -4.46. The van der Waals surface area contributed by atoms with Crippen LogP contribution in [0.2, 0.25) is 0 Å². The van der Waals surface area contributed by atoms with Crippen molar-refractivity contribution in [3.05, 3.63) is 0 Å². The van der Waals surface area contributed by atoms with Crippen LogP contribution < -0.4 is 27.8 Å². The number of aliphatic imine (C=N–C) groups is 1. The molecule has 1 aliphatic rings. The molecule has 0 radical (unpaired) electrons. The van der Waals surface area contributed by atoms with Gasteiger partial charge in [-0.25, -0.2) is 4.79 Å². The van der Waals surface area contributed by atoms with Crippen LogP contribution in [0.25, 0.3) is 0 Å². The fourth-order valence-electron chi connectivity index (χ4n) is 3.58. The van der Waals surface area contributed by atoms with Gasteiger partial charge in [0.2, 0.25) is 17.7 Å². The molecule has 0 bridgehead atoms. The number of guanidine groups is 1. The Morgan fingerprint density at radius 3 is 2.29 bits per heavy atom. The fourth-order valence-corrected chi connectivity index (χ4v) is 3.58. The van der Waals surface area contributed by atoms with Crippen LogP contribution >= 0.6 is 0 Å². The lowest BCUT2D eigenvalue weighted by Gasteiger charge is -2.29. The van der Waals surface area contributed by atoms with Gasteiger partial charge in [-0.3, -0.25) is 24.2 Å². The number of carboxylic acids is 2. The molecule has 0 aromatic carbocycles. The average molecular weight is 486 g/mol. The van der Waals surface area contributed by atoms with Crippen LogP contribution in [0.15, 0.2) is 4.99 Å². The van der Waals surface area contributed by atoms with E-state index >= 15 is 0 Å². The molecule has 0 spiro atoms. The van der Waals surface area contributed by atoms with Gasteiger partial charge in [0, 0.05) is 13.1 Å². The van der Waals surface area contributed by atoms with Crippen molar-refractivity contribution in [1.29, 1.82) is 0 Å². The first-order valence-corrected chi connectivity index (χ1v) is 11.0. The lowest BCUT2D eigenvalue weighted by Crippen LogP contribution is -2.58. The van der Waals surface area contributed by atoms with Gasteiger partial charge in [-0.1, -0.05) is 13.8 Å². The molecule has 1 heterocycles. The number of nitrogens with two attached hydrogens (primary N) is 3. The number of rotatable bonds is 13. The highest BCUT2D eigenvalue weighted by molar-refractivity contribution is 5.95. The van der Waals surface area contributed by atoms with Crippen LogP contribution in [0.3, 0.4) is 0 Å². The molecule has 34 heavy (non-hydrogen) atoms. The maximum Gasteiger partial charge on any atom is 0.326 e. The Morgan fingerprint density at radius 1 is 1.12 bits per heavy atom. The number of nitrogens with one attached hydrogen (secondary N) is 2. The van der Waals surface area contributed by atoms with E-state index in [1.54, 1.807) is 13.8 Å². The van der Waals surface area contributed by atoms with Crippen molar-refractivity contribution in [2.75, 3.05) is 13.1 Å². The van der Waals surface area contributed by atoms with Crippen molar-refractivity contribution in [2.45, 2.75) is 70.1 Å². The van der Waals surface area contributed by atoms with Crippen molar-refractivity contribution in [3.63, 3.8) is 0 Å². The zero-order valence-electron chi connectivity index (χ0n) is 19.4. The second kappa shape index (κ2) is 13.3. The minimum atomic E-state index is -1.65. The number of aliphatic carboxylic acids is 2. The summed E-state index contributed by atoms with van der Waals surface area (Å²) >= 11 is 0. The van der Waals surface area contributed by atoms with Gasteiger partial charge in [0.1, 0.15) is 18.1 Å². The Morgan fingerprint density at radius 2 is 1.76 bits per heavy atom. The quantitative estimate of drug-likeness (QED) is 0.0823. The van der Waals surface area contributed by atoms with Crippen LogP contribution in [-0.2, 0) is 24.0 Å². The molecule has 10 N–H and O–H groups in total. The molecule has 0 aromatic rings. The van der Waals surface area contributed by atoms with Crippen LogP contribution in [0, 0.1) is 5.92 Å². The number of amides is 3. The summed E-state index contributed by atoms with van der Waals surface area (Å²) in [5.41, 5.74) is 16.5.